The molecule has 100 valence electrons. The van der Waals surface area contributed by atoms with E-state index < -0.39 is 0 Å². The summed E-state index contributed by atoms with van der Waals surface area (Å²) in [6.07, 6.45) is 4.83. The molecule has 1 saturated carbocycles. The molecule has 1 aliphatic carbocycles. The minimum Gasteiger partial charge on any atom is -0.311 e. The summed E-state index contributed by atoms with van der Waals surface area (Å²) in [7, 11) is 1.99. The largest absolute Gasteiger partial charge is 0.311 e. The lowest BCUT2D eigenvalue weighted by molar-refractivity contribution is 0.0300. The van der Waals surface area contributed by atoms with Crippen LogP contribution in [0.2, 0.25) is 0 Å². The topological polar surface area (TPSA) is 33.1 Å². The van der Waals surface area contributed by atoms with Gasteiger partial charge in [0.1, 0.15) is 0 Å². The fourth-order valence-electron chi connectivity index (χ4n) is 3.19. The van der Waals surface area contributed by atoms with E-state index in [9.17, 15) is 0 Å². The molecule has 1 aromatic heterocycles. The van der Waals surface area contributed by atoms with Crippen LogP contribution in [0.25, 0.3) is 0 Å². The SMILES string of the molecule is CC1CN(Cc2ccn(C)n2)C(C)(C2CC2)CN1. The zero-order valence-corrected chi connectivity index (χ0v) is 11.7. The van der Waals surface area contributed by atoms with Crippen LogP contribution in [-0.4, -0.2) is 39.4 Å². The predicted octanol–water partition coefficient (Wildman–Crippen LogP) is 1.38. The van der Waals surface area contributed by atoms with Gasteiger partial charge in [-0.15, -0.1) is 0 Å². The first-order valence-corrected chi connectivity index (χ1v) is 7.05. The van der Waals surface area contributed by atoms with E-state index >= 15 is 0 Å². The van der Waals surface area contributed by atoms with Gasteiger partial charge in [0.05, 0.1) is 5.69 Å². The van der Waals surface area contributed by atoms with Gasteiger partial charge in [-0.3, -0.25) is 9.58 Å². The molecule has 4 nitrogen and oxygen atoms in total. The predicted molar refractivity (Wildman–Crippen MR) is 72.2 cm³/mol. The van der Waals surface area contributed by atoms with Gasteiger partial charge < -0.3 is 5.32 Å². The smallest absolute Gasteiger partial charge is 0.0764 e. The summed E-state index contributed by atoms with van der Waals surface area (Å²) in [5.74, 6) is 0.876. The Hall–Kier alpha value is -0.870. The van der Waals surface area contributed by atoms with Crippen molar-refractivity contribution >= 4 is 0 Å². The van der Waals surface area contributed by atoms with E-state index in [1.54, 1.807) is 0 Å². The summed E-state index contributed by atoms with van der Waals surface area (Å²) in [6.45, 7) is 7.93. The lowest BCUT2D eigenvalue weighted by atomic mass is 9.89. The minimum atomic E-state index is 0.323. The van der Waals surface area contributed by atoms with Crippen molar-refractivity contribution in [2.24, 2.45) is 13.0 Å². The Bertz CT molecular complexity index is 423. The fourth-order valence-corrected chi connectivity index (χ4v) is 3.19. The van der Waals surface area contributed by atoms with Gasteiger partial charge in [-0.25, -0.2) is 0 Å². The van der Waals surface area contributed by atoms with Gasteiger partial charge in [0.2, 0.25) is 0 Å². The van der Waals surface area contributed by atoms with Gasteiger partial charge in [0.15, 0.2) is 0 Å². The Morgan fingerprint density at radius 3 is 2.89 bits per heavy atom. The molecule has 18 heavy (non-hydrogen) atoms. The highest BCUT2D eigenvalue weighted by Gasteiger charge is 2.47. The van der Waals surface area contributed by atoms with Gasteiger partial charge in [-0.05, 0) is 38.7 Å². The van der Waals surface area contributed by atoms with Crippen molar-refractivity contribution in [2.45, 2.75) is 44.8 Å². The molecule has 1 saturated heterocycles. The van der Waals surface area contributed by atoms with Crippen LogP contribution in [0.3, 0.4) is 0 Å². The number of hydrogen-bond donors (Lipinski definition) is 1. The van der Waals surface area contributed by atoms with Crippen LogP contribution in [-0.2, 0) is 13.6 Å². The van der Waals surface area contributed by atoms with E-state index in [1.807, 2.05) is 17.9 Å². The van der Waals surface area contributed by atoms with E-state index in [0.717, 1.165) is 25.6 Å². The Morgan fingerprint density at radius 1 is 1.50 bits per heavy atom. The highest BCUT2D eigenvalue weighted by Crippen LogP contribution is 2.44. The molecule has 0 aromatic carbocycles. The van der Waals surface area contributed by atoms with Crippen LogP contribution in [0.4, 0.5) is 0 Å². The molecule has 0 amide bonds. The van der Waals surface area contributed by atoms with Crippen LogP contribution in [0.5, 0.6) is 0 Å². The van der Waals surface area contributed by atoms with Crippen molar-refractivity contribution in [1.82, 2.24) is 20.0 Å². The molecule has 0 spiro atoms. The van der Waals surface area contributed by atoms with Crippen molar-refractivity contribution in [3.63, 3.8) is 0 Å². The summed E-state index contributed by atoms with van der Waals surface area (Å²) < 4.78 is 1.90. The van der Waals surface area contributed by atoms with E-state index in [2.05, 4.69) is 35.2 Å². The quantitative estimate of drug-likeness (QED) is 0.877. The van der Waals surface area contributed by atoms with Crippen molar-refractivity contribution in [3.05, 3.63) is 18.0 Å². The summed E-state index contributed by atoms with van der Waals surface area (Å²) in [5.41, 5.74) is 1.52. The van der Waals surface area contributed by atoms with Crippen molar-refractivity contribution in [3.8, 4) is 0 Å². The number of aryl methyl sites for hydroxylation is 1. The molecule has 0 radical (unpaired) electrons. The van der Waals surface area contributed by atoms with E-state index in [0.29, 0.717) is 11.6 Å². The molecule has 2 heterocycles. The first-order chi connectivity index (χ1) is 8.58. The number of rotatable bonds is 3. The lowest BCUT2D eigenvalue weighted by Gasteiger charge is -2.48. The maximum atomic E-state index is 4.53. The van der Waals surface area contributed by atoms with Gasteiger partial charge >= 0.3 is 0 Å². The van der Waals surface area contributed by atoms with Crippen LogP contribution in [0.15, 0.2) is 12.3 Å². The number of hydrogen-bond acceptors (Lipinski definition) is 3. The summed E-state index contributed by atoms with van der Waals surface area (Å²) >= 11 is 0. The second-order valence-electron chi connectivity index (χ2n) is 6.27. The number of nitrogens with one attached hydrogen (secondary N) is 1. The average molecular weight is 248 g/mol. The molecule has 1 aliphatic heterocycles. The van der Waals surface area contributed by atoms with Gasteiger partial charge in [-0.1, -0.05) is 0 Å². The average Bonchev–Trinajstić information content (AvgIpc) is 3.10. The normalized spacial score (nSPS) is 33.8. The number of piperazine rings is 1. The molecule has 4 heteroatoms. The van der Waals surface area contributed by atoms with Gasteiger partial charge in [-0.2, -0.15) is 5.10 Å². The molecular weight excluding hydrogens is 224 g/mol. The molecule has 3 rings (SSSR count). The van der Waals surface area contributed by atoms with Crippen molar-refractivity contribution in [2.75, 3.05) is 13.1 Å². The second-order valence-corrected chi connectivity index (χ2v) is 6.27. The molecular formula is C14H24N4. The van der Waals surface area contributed by atoms with Crippen molar-refractivity contribution < 1.29 is 0 Å². The third-order valence-corrected chi connectivity index (χ3v) is 4.60. The van der Waals surface area contributed by atoms with Crippen molar-refractivity contribution in [1.29, 1.82) is 0 Å². The Morgan fingerprint density at radius 2 is 2.28 bits per heavy atom. The first kappa shape index (κ1) is 12.2. The maximum Gasteiger partial charge on any atom is 0.0764 e. The Labute approximate surface area is 109 Å². The summed E-state index contributed by atoms with van der Waals surface area (Å²) in [4.78, 5) is 2.65. The zero-order valence-electron chi connectivity index (χ0n) is 11.7. The molecule has 1 N–H and O–H groups in total. The van der Waals surface area contributed by atoms with E-state index in [1.165, 1.54) is 18.5 Å². The fraction of sp³-hybridized carbons (Fsp3) is 0.786. The Kier molecular flexibility index (Phi) is 2.94. The molecule has 0 bridgehead atoms. The van der Waals surface area contributed by atoms with Crippen LogP contribution in [0, 0.1) is 5.92 Å². The first-order valence-electron chi connectivity index (χ1n) is 7.05. The molecule has 2 atom stereocenters. The van der Waals surface area contributed by atoms with Crippen LogP contribution in [0.1, 0.15) is 32.4 Å². The van der Waals surface area contributed by atoms with E-state index in [4.69, 9.17) is 0 Å². The van der Waals surface area contributed by atoms with Crippen LogP contribution < -0.4 is 5.32 Å². The molecule has 2 aliphatic rings. The number of aromatic nitrogens is 2. The Balaban J connectivity index is 1.77. The zero-order chi connectivity index (χ0) is 12.8. The summed E-state index contributed by atoms with van der Waals surface area (Å²) in [5, 5.41) is 8.18. The monoisotopic (exact) mass is 248 g/mol. The van der Waals surface area contributed by atoms with Crippen LogP contribution >= 0.6 is 0 Å². The third-order valence-electron chi connectivity index (χ3n) is 4.60. The van der Waals surface area contributed by atoms with Gasteiger partial charge in [0, 0.05) is 44.5 Å². The molecule has 1 aromatic rings. The maximum absolute atomic E-state index is 4.53. The minimum absolute atomic E-state index is 0.323. The highest BCUT2D eigenvalue weighted by molar-refractivity contribution is 5.07. The van der Waals surface area contributed by atoms with Gasteiger partial charge in [0.25, 0.3) is 0 Å². The lowest BCUT2D eigenvalue weighted by Crippen LogP contribution is -2.63. The third kappa shape index (κ3) is 2.19. The number of nitrogens with zero attached hydrogens (tertiary/aromatic N) is 3. The highest BCUT2D eigenvalue weighted by atomic mass is 15.3. The standard InChI is InChI=1S/C14H24N4/c1-11-8-18(9-13-6-7-17(3)16-13)14(2,10-15-11)12-4-5-12/h6-7,11-12,15H,4-5,8-10H2,1-3H3. The summed E-state index contributed by atoms with van der Waals surface area (Å²) in [6, 6.07) is 2.72. The molecule has 2 unspecified atom stereocenters. The molecule has 2 fully saturated rings. The van der Waals surface area contributed by atoms with E-state index in [-0.39, 0.29) is 0 Å². The second kappa shape index (κ2) is 4.35.